The maximum absolute atomic E-state index is 5.29. The average Bonchev–Trinajstić information content (AvgIpc) is 3.49. The van der Waals surface area contributed by atoms with Crippen molar-refractivity contribution in [2.75, 3.05) is 0 Å². The summed E-state index contributed by atoms with van der Waals surface area (Å²) in [6.45, 7) is 0. The smallest absolute Gasteiger partial charge is 0.0973 e. The molecule has 0 radical (unpaired) electrons. The predicted molar refractivity (Wildman–Crippen MR) is 211 cm³/mol. The van der Waals surface area contributed by atoms with Crippen LogP contribution in [0.25, 0.3) is 66.6 Å². The lowest BCUT2D eigenvalue weighted by molar-refractivity contribution is 0.769. The Morgan fingerprint density at radius 1 is 0.314 bits per heavy atom. The number of nitrogens with zero attached hydrogens (tertiary/aromatic N) is 2. The summed E-state index contributed by atoms with van der Waals surface area (Å²) in [6.07, 6.45) is 0. The van der Waals surface area contributed by atoms with E-state index in [1.165, 1.54) is 44.2 Å². The van der Waals surface area contributed by atoms with Crippen molar-refractivity contribution in [1.29, 1.82) is 0 Å². The summed E-state index contributed by atoms with van der Waals surface area (Å²) in [6, 6.07) is 69.8. The van der Waals surface area contributed by atoms with E-state index in [0.29, 0.717) is 0 Å². The Bertz CT molecular complexity index is 2680. The summed E-state index contributed by atoms with van der Waals surface area (Å²) < 4.78 is 0. The summed E-state index contributed by atoms with van der Waals surface area (Å²) in [7, 11) is 0. The van der Waals surface area contributed by atoms with Gasteiger partial charge in [0.05, 0.1) is 27.8 Å². The monoisotopic (exact) mass is 648 g/mol. The molecule has 10 rings (SSSR count). The number of aromatic nitrogens is 2. The number of rotatable bonds is 5. The van der Waals surface area contributed by atoms with Crippen molar-refractivity contribution in [3.8, 4) is 44.8 Å². The van der Waals surface area contributed by atoms with Crippen LogP contribution in [0.15, 0.2) is 194 Å². The van der Waals surface area contributed by atoms with Gasteiger partial charge in [0.2, 0.25) is 0 Å². The Morgan fingerprint density at radius 2 is 0.784 bits per heavy atom. The van der Waals surface area contributed by atoms with E-state index >= 15 is 0 Å². The van der Waals surface area contributed by atoms with Gasteiger partial charge in [0.25, 0.3) is 0 Å². The van der Waals surface area contributed by atoms with Gasteiger partial charge in [0.1, 0.15) is 0 Å². The highest BCUT2D eigenvalue weighted by Crippen LogP contribution is 2.57. The van der Waals surface area contributed by atoms with Crippen molar-refractivity contribution < 1.29 is 0 Å². The first kappa shape index (κ1) is 29.3. The lowest BCUT2D eigenvalue weighted by Crippen LogP contribution is -2.28. The van der Waals surface area contributed by atoms with Gasteiger partial charge in [-0.1, -0.05) is 164 Å². The topological polar surface area (TPSA) is 25.8 Å². The Morgan fingerprint density at radius 3 is 1.39 bits per heavy atom. The minimum atomic E-state index is -0.455. The van der Waals surface area contributed by atoms with Gasteiger partial charge in [-0.2, -0.15) is 0 Å². The van der Waals surface area contributed by atoms with Crippen molar-refractivity contribution in [3.05, 3.63) is 216 Å². The Hall–Kier alpha value is -6.64. The molecule has 1 aromatic heterocycles. The molecule has 0 spiro atoms. The Labute approximate surface area is 297 Å². The highest BCUT2D eigenvalue weighted by molar-refractivity contribution is 5.97. The zero-order valence-electron chi connectivity index (χ0n) is 27.9. The number of fused-ring (bicyclic) bond motifs is 5. The van der Waals surface area contributed by atoms with Crippen LogP contribution in [0.2, 0.25) is 0 Å². The molecule has 1 aliphatic rings. The van der Waals surface area contributed by atoms with Crippen LogP contribution in [0.1, 0.15) is 22.3 Å². The summed E-state index contributed by atoms with van der Waals surface area (Å²) in [5.41, 5.74) is 15.1. The van der Waals surface area contributed by atoms with E-state index in [2.05, 4.69) is 182 Å². The quantitative estimate of drug-likeness (QED) is 0.186. The van der Waals surface area contributed by atoms with E-state index in [1.807, 2.05) is 12.1 Å². The van der Waals surface area contributed by atoms with Gasteiger partial charge in [-0.25, -0.2) is 9.97 Å². The van der Waals surface area contributed by atoms with Gasteiger partial charge < -0.3 is 0 Å². The fourth-order valence-corrected chi connectivity index (χ4v) is 8.19. The molecule has 0 fully saturated rings. The van der Waals surface area contributed by atoms with Crippen molar-refractivity contribution in [1.82, 2.24) is 9.97 Å². The van der Waals surface area contributed by atoms with Crippen LogP contribution >= 0.6 is 0 Å². The number of hydrogen-bond donors (Lipinski definition) is 0. The van der Waals surface area contributed by atoms with Crippen LogP contribution in [0.4, 0.5) is 0 Å². The molecule has 1 heterocycles. The molecule has 1 aliphatic carbocycles. The summed E-state index contributed by atoms with van der Waals surface area (Å²) in [5, 5.41) is 2.49. The first-order valence-electron chi connectivity index (χ1n) is 17.5. The highest BCUT2D eigenvalue weighted by atomic mass is 14.8. The number of benzene rings is 8. The fourth-order valence-electron chi connectivity index (χ4n) is 8.19. The zero-order chi connectivity index (χ0) is 33.8. The molecule has 51 heavy (non-hydrogen) atoms. The van der Waals surface area contributed by atoms with E-state index in [4.69, 9.17) is 9.97 Å². The summed E-state index contributed by atoms with van der Waals surface area (Å²) in [4.78, 5) is 10.5. The fraction of sp³-hybridized carbons (Fsp3) is 0.0204. The van der Waals surface area contributed by atoms with Crippen LogP contribution in [0.3, 0.4) is 0 Å². The SMILES string of the molecule is c1ccc(-c2nc3ccc(-c4ccc5c(c4)-c4cc6ccccc6cc4C5(c4ccccc4)c4ccccc4)cc3nc2-c2ccccc2)cc1. The highest BCUT2D eigenvalue weighted by Gasteiger charge is 2.46. The van der Waals surface area contributed by atoms with E-state index in [9.17, 15) is 0 Å². The molecule has 0 saturated carbocycles. The molecule has 0 N–H and O–H groups in total. The normalized spacial score (nSPS) is 12.9. The van der Waals surface area contributed by atoms with Crippen LogP contribution in [0.5, 0.6) is 0 Å². The lowest BCUT2D eigenvalue weighted by atomic mass is 9.67. The second-order valence-electron chi connectivity index (χ2n) is 13.3. The van der Waals surface area contributed by atoms with Crippen LogP contribution in [-0.2, 0) is 5.41 Å². The van der Waals surface area contributed by atoms with E-state index in [0.717, 1.165) is 44.7 Å². The third-order valence-corrected chi connectivity index (χ3v) is 10.5. The third kappa shape index (κ3) is 4.65. The molecular formula is C49H32N2. The maximum Gasteiger partial charge on any atom is 0.0973 e. The second-order valence-corrected chi connectivity index (χ2v) is 13.3. The summed E-state index contributed by atoms with van der Waals surface area (Å²) in [5.74, 6) is 0. The molecule has 238 valence electrons. The van der Waals surface area contributed by atoms with E-state index in [-0.39, 0.29) is 0 Å². The van der Waals surface area contributed by atoms with Crippen LogP contribution < -0.4 is 0 Å². The average molecular weight is 649 g/mol. The largest absolute Gasteiger partial charge is 0.244 e. The Balaban J connectivity index is 1.20. The minimum Gasteiger partial charge on any atom is -0.244 e. The van der Waals surface area contributed by atoms with E-state index in [1.54, 1.807) is 0 Å². The molecule has 2 heteroatoms. The van der Waals surface area contributed by atoms with E-state index < -0.39 is 5.41 Å². The first-order chi connectivity index (χ1) is 25.3. The number of hydrogen-bond acceptors (Lipinski definition) is 2. The molecule has 0 saturated heterocycles. The van der Waals surface area contributed by atoms with Crippen molar-refractivity contribution in [2.24, 2.45) is 0 Å². The molecule has 2 nitrogen and oxygen atoms in total. The molecule has 0 bridgehead atoms. The molecule has 0 unspecified atom stereocenters. The Kier molecular flexibility index (Phi) is 6.75. The van der Waals surface area contributed by atoms with Gasteiger partial charge >= 0.3 is 0 Å². The molecule has 9 aromatic rings. The van der Waals surface area contributed by atoms with Gasteiger partial charge in [0, 0.05) is 11.1 Å². The molecule has 0 amide bonds. The molecule has 8 aromatic carbocycles. The van der Waals surface area contributed by atoms with Gasteiger partial charge in [-0.3, -0.25) is 0 Å². The molecule has 0 atom stereocenters. The van der Waals surface area contributed by atoms with Gasteiger partial charge in [-0.05, 0) is 85.6 Å². The standard InChI is InChI=1S/C49H32N2/c1-5-15-33(16-6-1)47-48(34-17-7-2-8-18-34)51-46-32-38(26-28-45(46)50-47)37-25-27-43-41(30-37)42-29-35-19-13-14-20-36(35)31-44(42)49(43,39-21-9-3-10-22-39)40-23-11-4-12-24-40/h1-32H. The molecule has 0 aliphatic heterocycles. The maximum atomic E-state index is 5.29. The third-order valence-electron chi connectivity index (χ3n) is 10.5. The zero-order valence-corrected chi connectivity index (χ0v) is 27.9. The predicted octanol–water partition coefficient (Wildman–Crippen LogP) is 12.1. The second kappa shape index (κ2) is 11.8. The van der Waals surface area contributed by atoms with Crippen molar-refractivity contribution >= 4 is 21.8 Å². The summed E-state index contributed by atoms with van der Waals surface area (Å²) >= 11 is 0. The minimum absolute atomic E-state index is 0.455. The van der Waals surface area contributed by atoms with Crippen LogP contribution in [-0.4, -0.2) is 9.97 Å². The van der Waals surface area contributed by atoms with Crippen LogP contribution in [0, 0.1) is 0 Å². The van der Waals surface area contributed by atoms with Gasteiger partial charge in [0.15, 0.2) is 0 Å². The van der Waals surface area contributed by atoms with Crippen molar-refractivity contribution in [3.63, 3.8) is 0 Å². The first-order valence-corrected chi connectivity index (χ1v) is 17.5. The van der Waals surface area contributed by atoms with Crippen molar-refractivity contribution in [2.45, 2.75) is 5.41 Å². The molecular weight excluding hydrogens is 617 g/mol. The van der Waals surface area contributed by atoms with Gasteiger partial charge in [-0.15, -0.1) is 0 Å². The lowest BCUT2D eigenvalue weighted by Gasteiger charge is -2.34.